The van der Waals surface area contributed by atoms with E-state index in [1.54, 1.807) is 18.2 Å². The number of anilines is 1. The predicted octanol–water partition coefficient (Wildman–Crippen LogP) is 3.77. The Morgan fingerprint density at radius 3 is 2.44 bits per heavy atom. The van der Waals surface area contributed by atoms with Crippen LogP contribution in [-0.4, -0.2) is 30.0 Å². The first kappa shape index (κ1) is 23.7. The highest BCUT2D eigenvalue weighted by Crippen LogP contribution is 2.25. The third kappa shape index (κ3) is 5.63. The van der Waals surface area contributed by atoms with Crippen LogP contribution in [0, 0.1) is 5.82 Å². The number of hydrogen-bond donors (Lipinski definition) is 2. The average molecular weight is 476 g/mol. The molecule has 0 aliphatic rings. The van der Waals surface area contributed by atoms with Crippen LogP contribution in [-0.2, 0) is 20.0 Å². The molecule has 10 heteroatoms. The lowest BCUT2D eigenvalue weighted by molar-refractivity contribution is -0.113. The molecule has 0 atom stereocenters. The fourth-order valence-corrected chi connectivity index (χ4v) is 4.66. The van der Waals surface area contributed by atoms with Gasteiger partial charge in [0.25, 0.3) is 5.56 Å². The normalized spacial score (nSPS) is 11.9. The van der Waals surface area contributed by atoms with Crippen molar-refractivity contribution in [2.45, 2.75) is 41.1 Å². The van der Waals surface area contributed by atoms with Gasteiger partial charge in [-0.25, -0.2) is 17.8 Å². The average Bonchev–Trinajstić information content (AvgIpc) is 2.71. The van der Waals surface area contributed by atoms with Crippen LogP contribution in [0.25, 0.3) is 0 Å². The molecule has 0 aliphatic heterocycles. The monoisotopic (exact) mass is 475 g/mol. The van der Waals surface area contributed by atoms with Gasteiger partial charge < -0.3 is 10.3 Å². The van der Waals surface area contributed by atoms with Crippen LogP contribution >= 0.6 is 11.8 Å². The Labute approximate surface area is 189 Å². The number of benzene rings is 2. The second kappa shape index (κ2) is 9.25. The van der Waals surface area contributed by atoms with E-state index in [0.29, 0.717) is 5.69 Å². The maximum Gasteiger partial charge on any atom is 0.270 e. The summed E-state index contributed by atoms with van der Waals surface area (Å²) in [5.41, 5.74) is 0.303. The van der Waals surface area contributed by atoms with E-state index in [1.807, 2.05) is 20.8 Å². The summed E-state index contributed by atoms with van der Waals surface area (Å²) in [5.74, 6) is -1.02. The first-order valence-corrected chi connectivity index (χ1v) is 12.1. The lowest BCUT2D eigenvalue weighted by atomic mass is 9.87. The van der Waals surface area contributed by atoms with E-state index < -0.39 is 32.0 Å². The van der Waals surface area contributed by atoms with Gasteiger partial charge in [0.05, 0.1) is 16.8 Å². The summed E-state index contributed by atoms with van der Waals surface area (Å²) in [7, 11) is -4.06. The number of amides is 1. The van der Waals surface area contributed by atoms with Crippen LogP contribution < -0.4 is 10.9 Å². The predicted molar refractivity (Wildman–Crippen MR) is 121 cm³/mol. The molecule has 3 aromatic rings. The van der Waals surface area contributed by atoms with Crippen LogP contribution in [0.15, 0.2) is 74.5 Å². The van der Waals surface area contributed by atoms with Crippen molar-refractivity contribution in [3.05, 3.63) is 76.5 Å². The summed E-state index contributed by atoms with van der Waals surface area (Å²) in [6, 6.07) is 11.8. The second-order valence-corrected chi connectivity index (χ2v) is 10.9. The zero-order valence-corrected chi connectivity index (χ0v) is 19.3. The number of nitrogens with zero attached hydrogens (tertiary/aromatic N) is 1. The Hall–Kier alpha value is -2.98. The van der Waals surface area contributed by atoms with Gasteiger partial charge in [0.15, 0.2) is 10.1 Å². The lowest BCUT2D eigenvalue weighted by Crippen LogP contribution is -2.20. The van der Waals surface area contributed by atoms with Crippen molar-refractivity contribution in [3.63, 3.8) is 0 Å². The lowest BCUT2D eigenvalue weighted by Gasteiger charge is -2.19. The second-order valence-electron chi connectivity index (χ2n) is 8.01. The molecule has 1 heterocycles. The number of nitrogens with one attached hydrogen (secondary N) is 2. The molecule has 0 spiro atoms. The highest BCUT2D eigenvalue weighted by Gasteiger charge is 2.23. The van der Waals surface area contributed by atoms with Crippen molar-refractivity contribution in [1.82, 2.24) is 9.97 Å². The molecule has 2 N–H and O–H groups in total. The number of sulfone groups is 1. The molecule has 1 aromatic heterocycles. The fraction of sp³-hybridized carbons (Fsp3) is 0.227. The summed E-state index contributed by atoms with van der Waals surface area (Å²) in [6.07, 6.45) is 0.985. The minimum atomic E-state index is -4.06. The van der Waals surface area contributed by atoms with Gasteiger partial charge in [-0.15, -0.1) is 0 Å². The van der Waals surface area contributed by atoms with Gasteiger partial charge in [-0.1, -0.05) is 50.7 Å². The van der Waals surface area contributed by atoms with Gasteiger partial charge in [-0.05, 0) is 41.3 Å². The summed E-state index contributed by atoms with van der Waals surface area (Å²) in [5, 5.41) is 2.61. The van der Waals surface area contributed by atoms with E-state index in [-0.39, 0.29) is 21.2 Å². The number of carbonyl (C=O) groups excluding carboxylic acids is 1. The Morgan fingerprint density at radius 2 is 1.84 bits per heavy atom. The molecular formula is C22H22FN3O4S2. The molecule has 0 saturated heterocycles. The number of H-pyrrole nitrogens is 1. The molecule has 0 unspecified atom stereocenters. The Kier molecular flexibility index (Phi) is 6.85. The quantitative estimate of drug-likeness (QED) is 0.415. The van der Waals surface area contributed by atoms with E-state index in [9.17, 15) is 22.4 Å². The zero-order valence-electron chi connectivity index (χ0n) is 17.7. The van der Waals surface area contributed by atoms with Crippen LogP contribution in [0.4, 0.5) is 10.1 Å². The molecule has 0 bridgehead atoms. The molecule has 0 radical (unpaired) electrons. The first-order valence-electron chi connectivity index (χ1n) is 9.60. The van der Waals surface area contributed by atoms with Crippen molar-refractivity contribution in [2.24, 2.45) is 0 Å². The maximum atomic E-state index is 13.2. The Morgan fingerprint density at radius 1 is 1.16 bits per heavy atom. The van der Waals surface area contributed by atoms with Crippen LogP contribution in [0.3, 0.4) is 0 Å². The maximum absolute atomic E-state index is 13.2. The molecular weight excluding hydrogens is 453 g/mol. The van der Waals surface area contributed by atoms with E-state index in [0.717, 1.165) is 23.5 Å². The molecule has 0 aliphatic carbocycles. The van der Waals surface area contributed by atoms with E-state index in [1.165, 1.54) is 30.3 Å². The van der Waals surface area contributed by atoms with E-state index >= 15 is 0 Å². The van der Waals surface area contributed by atoms with Gasteiger partial charge in [0, 0.05) is 5.69 Å². The number of hydrogen-bond acceptors (Lipinski definition) is 6. The summed E-state index contributed by atoms with van der Waals surface area (Å²) in [6.45, 7) is 6.04. The number of carbonyl (C=O) groups is 1. The van der Waals surface area contributed by atoms with Gasteiger partial charge in [-0.3, -0.25) is 9.59 Å². The molecule has 168 valence electrons. The molecule has 0 saturated carbocycles. The number of halogens is 1. The van der Waals surface area contributed by atoms with Crippen molar-refractivity contribution < 1.29 is 17.6 Å². The highest BCUT2D eigenvalue weighted by atomic mass is 32.2. The molecule has 0 fully saturated rings. The first-order chi connectivity index (χ1) is 15.0. The van der Waals surface area contributed by atoms with E-state index in [2.05, 4.69) is 15.3 Å². The van der Waals surface area contributed by atoms with Crippen molar-refractivity contribution in [1.29, 1.82) is 0 Å². The topological polar surface area (TPSA) is 109 Å². The molecule has 1 amide bonds. The Bertz CT molecular complexity index is 1300. The van der Waals surface area contributed by atoms with Crippen molar-refractivity contribution >= 4 is 33.2 Å². The van der Waals surface area contributed by atoms with Gasteiger partial charge in [-0.2, -0.15) is 0 Å². The van der Waals surface area contributed by atoms with Crippen molar-refractivity contribution in [3.8, 4) is 0 Å². The summed E-state index contributed by atoms with van der Waals surface area (Å²) < 4.78 is 38.9. The van der Waals surface area contributed by atoms with Crippen molar-refractivity contribution in [2.75, 3.05) is 11.1 Å². The number of thioether (sulfide) groups is 1. The molecule has 3 rings (SSSR count). The number of aromatic amines is 1. The largest absolute Gasteiger partial charge is 0.325 e. The highest BCUT2D eigenvalue weighted by molar-refractivity contribution is 7.99. The van der Waals surface area contributed by atoms with Gasteiger partial charge >= 0.3 is 0 Å². The van der Waals surface area contributed by atoms with Crippen LogP contribution in [0.5, 0.6) is 0 Å². The minimum Gasteiger partial charge on any atom is -0.325 e. The smallest absolute Gasteiger partial charge is 0.270 e. The van der Waals surface area contributed by atoms with E-state index in [4.69, 9.17) is 0 Å². The molecule has 32 heavy (non-hydrogen) atoms. The molecule has 2 aromatic carbocycles. The van der Waals surface area contributed by atoms with Crippen LogP contribution in [0.2, 0.25) is 0 Å². The van der Waals surface area contributed by atoms with Crippen LogP contribution in [0.1, 0.15) is 26.3 Å². The standard InChI is InChI=1S/C22H22FN3O4S2/c1-22(2,3)14-7-9-17(10-8-14)32(29,30)18-12-24-21(26-20(18)28)31-13-19(27)25-16-6-4-5-15(23)11-16/h4-12H,13H2,1-3H3,(H,25,27)(H,24,26,28). The fourth-order valence-electron chi connectivity index (χ4n) is 2.79. The zero-order chi connectivity index (χ0) is 23.5. The Balaban J connectivity index is 1.71. The van der Waals surface area contributed by atoms with Gasteiger partial charge in [0.2, 0.25) is 15.7 Å². The third-order valence-electron chi connectivity index (χ3n) is 4.51. The minimum absolute atomic E-state index is 0.00678. The SMILES string of the molecule is CC(C)(C)c1ccc(S(=O)(=O)c2cnc(SCC(=O)Nc3cccc(F)c3)[nH]c2=O)cc1. The molecule has 7 nitrogen and oxygen atoms in total. The number of rotatable bonds is 6. The number of aromatic nitrogens is 2. The summed E-state index contributed by atoms with van der Waals surface area (Å²) >= 11 is 0.919. The summed E-state index contributed by atoms with van der Waals surface area (Å²) in [4.78, 5) is 30.3. The third-order valence-corrected chi connectivity index (χ3v) is 7.16. The van der Waals surface area contributed by atoms with Gasteiger partial charge in [0.1, 0.15) is 5.82 Å².